The molecule has 3 N–H and O–H groups in total. The van der Waals surface area contributed by atoms with Crippen LogP contribution in [0.4, 0.5) is 0 Å². The zero-order valence-electron chi connectivity index (χ0n) is 22.8. The van der Waals surface area contributed by atoms with Gasteiger partial charge in [-0.05, 0) is 31.1 Å². The summed E-state index contributed by atoms with van der Waals surface area (Å²) in [7, 11) is 0. The molecule has 8 heteroatoms. The number of hydrogen-bond donors (Lipinski definition) is 3. The molecule has 0 amide bonds. The van der Waals surface area contributed by atoms with Crippen LogP contribution in [0.2, 0.25) is 0 Å². The summed E-state index contributed by atoms with van der Waals surface area (Å²) in [5.74, 6) is -5.41. The second-order valence-corrected chi connectivity index (χ2v) is 10.4. The smallest absolute Gasteiger partial charge is 0.336 e. The van der Waals surface area contributed by atoms with Crippen LogP contribution >= 0.6 is 0 Å². The number of carboxylic acids is 2. The molecule has 0 bridgehead atoms. The molecule has 0 saturated heterocycles. The quantitative estimate of drug-likeness (QED) is 0.0807. The lowest BCUT2D eigenvalue weighted by atomic mass is 9.71. The molecule has 36 heavy (non-hydrogen) atoms. The third kappa shape index (κ3) is 15.2. The van der Waals surface area contributed by atoms with Crippen LogP contribution in [0.3, 0.4) is 0 Å². The highest BCUT2D eigenvalue weighted by molar-refractivity contribution is 5.92. The summed E-state index contributed by atoms with van der Waals surface area (Å²) in [6, 6.07) is 0. The molecule has 8 nitrogen and oxygen atoms in total. The summed E-state index contributed by atoms with van der Waals surface area (Å²) in [6.45, 7) is 6.53. The Balaban J connectivity index is 5.26. The van der Waals surface area contributed by atoms with E-state index in [2.05, 4.69) is 20.8 Å². The summed E-state index contributed by atoms with van der Waals surface area (Å²) in [6.07, 6.45) is 15.2. The SMILES string of the molecule is CCCCCCC(CCCCCC)(CCCCCC)CCC(=O)OC(=O)CC(O)(CC(=O)O)C(=O)O. The van der Waals surface area contributed by atoms with Gasteiger partial charge in [0.1, 0.15) is 0 Å². The van der Waals surface area contributed by atoms with Gasteiger partial charge >= 0.3 is 23.9 Å². The van der Waals surface area contributed by atoms with E-state index in [0.29, 0.717) is 6.42 Å². The Labute approximate surface area is 217 Å². The van der Waals surface area contributed by atoms with E-state index in [1.54, 1.807) is 0 Å². The molecule has 0 aliphatic carbocycles. The van der Waals surface area contributed by atoms with Crippen molar-refractivity contribution in [3.05, 3.63) is 0 Å². The average Bonchev–Trinajstić information content (AvgIpc) is 2.80. The fourth-order valence-corrected chi connectivity index (χ4v) is 4.81. The highest BCUT2D eigenvalue weighted by atomic mass is 16.6. The van der Waals surface area contributed by atoms with Gasteiger partial charge in [0, 0.05) is 6.42 Å². The van der Waals surface area contributed by atoms with Crippen molar-refractivity contribution in [1.82, 2.24) is 0 Å². The lowest BCUT2D eigenvalue weighted by Gasteiger charge is -2.35. The van der Waals surface area contributed by atoms with E-state index in [1.165, 1.54) is 19.3 Å². The van der Waals surface area contributed by atoms with Gasteiger partial charge in [-0.15, -0.1) is 0 Å². The largest absolute Gasteiger partial charge is 0.481 e. The molecule has 0 saturated carbocycles. The predicted octanol–water partition coefficient (Wildman–Crippen LogP) is 6.41. The number of carboxylic acid groups (broad SMARTS) is 2. The molecular weight excluding hydrogens is 464 g/mol. The number of rotatable bonds is 23. The molecule has 0 aromatic carbocycles. The van der Waals surface area contributed by atoms with E-state index in [-0.39, 0.29) is 11.8 Å². The molecule has 0 aromatic rings. The first-order chi connectivity index (χ1) is 17.0. The molecule has 0 heterocycles. The average molecular weight is 515 g/mol. The van der Waals surface area contributed by atoms with Crippen LogP contribution in [-0.4, -0.2) is 44.8 Å². The number of aliphatic hydroxyl groups is 1. The maximum atomic E-state index is 12.5. The van der Waals surface area contributed by atoms with E-state index in [4.69, 9.17) is 14.9 Å². The van der Waals surface area contributed by atoms with Crippen molar-refractivity contribution in [3.8, 4) is 0 Å². The standard InChI is InChI=1S/C28H50O8/c1-4-7-10-13-17-27(18-14-11-8-5-2,19-15-12-9-6-3)20-16-24(31)36-25(32)22-28(35,26(33)34)21-23(29)30/h35H,4-22H2,1-3H3,(H,29,30)(H,33,34). The third-order valence-corrected chi connectivity index (χ3v) is 7.05. The Bertz CT molecular complexity index is 629. The number of hydrogen-bond acceptors (Lipinski definition) is 6. The molecule has 0 aliphatic rings. The fraction of sp³-hybridized carbons (Fsp3) is 0.857. The van der Waals surface area contributed by atoms with Gasteiger partial charge in [0.15, 0.2) is 5.60 Å². The first-order valence-corrected chi connectivity index (χ1v) is 13.9. The number of carbonyl (C=O) groups is 4. The number of aliphatic carboxylic acids is 2. The van der Waals surface area contributed by atoms with Gasteiger partial charge in [0.2, 0.25) is 0 Å². The van der Waals surface area contributed by atoms with E-state index in [1.807, 2.05) is 0 Å². The van der Waals surface area contributed by atoms with Crippen LogP contribution < -0.4 is 0 Å². The predicted molar refractivity (Wildman–Crippen MR) is 138 cm³/mol. The Kier molecular flexibility index (Phi) is 18.1. The number of carbonyl (C=O) groups excluding carboxylic acids is 2. The third-order valence-electron chi connectivity index (χ3n) is 7.05. The number of ether oxygens (including phenoxy) is 1. The molecule has 1 unspecified atom stereocenters. The lowest BCUT2D eigenvalue weighted by Crippen LogP contribution is -2.43. The minimum absolute atomic E-state index is 0.00238. The topological polar surface area (TPSA) is 138 Å². The van der Waals surface area contributed by atoms with Crippen LogP contribution in [0.5, 0.6) is 0 Å². The van der Waals surface area contributed by atoms with Gasteiger partial charge in [-0.3, -0.25) is 14.4 Å². The normalized spacial score (nSPS) is 13.2. The second-order valence-electron chi connectivity index (χ2n) is 10.4. The van der Waals surface area contributed by atoms with E-state index in [0.717, 1.165) is 77.0 Å². The first-order valence-electron chi connectivity index (χ1n) is 13.9. The van der Waals surface area contributed by atoms with Crippen LogP contribution in [0.1, 0.15) is 143 Å². The molecule has 1 atom stereocenters. The minimum Gasteiger partial charge on any atom is -0.481 e. The minimum atomic E-state index is -2.81. The monoisotopic (exact) mass is 514 g/mol. The molecule has 210 valence electrons. The summed E-state index contributed by atoms with van der Waals surface area (Å²) in [4.78, 5) is 46.8. The van der Waals surface area contributed by atoms with Gasteiger partial charge in [0.05, 0.1) is 12.8 Å². The van der Waals surface area contributed by atoms with Crippen molar-refractivity contribution < 1.29 is 39.2 Å². The summed E-state index contributed by atoms with van der Waals surface area (Å²) in [5.41, 5.74) is -2.81. The highest BCUT2D eigenvalue weighted by Crippen LogP contribution is 2.41. The Morgan fingerprint density at radius 1 is 0.611 bits per heavy atom. The molecule has 0 radical (unpaired) electrons. The lowest BCUT2D eigenvalue weighted by molar-refractivity contribution is -0.174. The summed E-state index contributed by atoms with van der Waals surface area (Å²) in [5, 5.41) is 28.0. The Hall–Kier alpha value is -1.96. The fourth-order valence-electron chi connectivity index (χ4n) is 4.81. The van der Waals surface area contributed by atoms with Crippen molar-refractivity contribution in [2.24, 2.45) is 5.41 Å². The van der Waals surface area contributed by atoms with Crippen LogP contribution in [0, 0.1) is 5.41 Å². The van der Waals surface area contributed by atoms with Crippen molar-refractivity contribution in [2.45, 2.75) is 148 Å². The second kappa shape index (κ2) is 19.2. The number of unbranched alkanes of at least 4 members (excludes halogenated alkanes) is 9. The summed E-state index contributed by atoms with van der Waals surface area (Å²) >= 11 is 0. The molecular formula is C28H50O8. The van der Waals surface area contributed by atoms with Crippen LogP contribution in [-0.2, 0) is 23.9 Å². The molecule has 0 fully saturated rings. The molecule has 0 aliphatic heterocycles. The van der Waals surface area contributed by atoms with Gasteiger partial charge in [0.25, 0.3) is 0 Å². The van der Waals surface area contributed by atoms with E-state index >= 15 is 0 Å². The number of esters is 2. The van der Waals surface area contributed by atoms with Gasteiger partial charge in [-0.1, -0.05) is 97.8 Å². The zero-order chi connectivity index (χ0) is 27.5. The van der Waals surface area contributed by atoms with Crippen molar-refractivity contribution in [1.29, 1.82) is 0 Å². The van der Waals surface area contributed by atoms with Crippen LogP contribution in [0.15, 0.2) is 0 Å². The molecule has 0 aromatic heterocycles. The maximum Gasteiger partial charge on any atom is 0.336 e. The van der Waals surface area contributed by atoms with Gasteiger partial charge in [-0.2, -0.15) is 0 Å². The molecule has 0 rings (SSSR count). The van der Waals surface area contributed by atoms with Gasteiger partial charge in [-0.25, -0.2) is 4.79 Å². The van der Waals surface area contributed by atoms with Crippen LogP contribution in [0.25, 0.3) is 0 Å². The Morgan fingerprint density at radius 3 is 1.42 bits per heavy atom. The van der Waals surface area contributed by atoms with Crippen molar-refractivity contribution >= 4 is 23.9 Å². The van der Waals surface area contributed by atoms with Gasteiger partial charge < -0.3 is 20.1 Å². The van der Waals surface area contributed by atoms with Crippen molar-refractivity contribution in [3.63, 3.8) is 0 Å². The first kappa shape index (κ1) is 34.0. The Morgan fingerprint density at radius 2 is 1.06 bits per heavy atom. The highest BCUT2D eigenvalue weighted by Gasteiger charge is 2.42. The van der Waals surface area contributed by atoms with E-state index < -0.39 is 42.3 Å². The summed E-state index contributed by atoms with van der Waals surface area (Å²) < 4.78 is 4.81. The maximum absolute atomic E-state index is 12.5. The van der Waals surface area contributed by atoms with Crippen molar-refractivity contribution in [2.75, 3.05) is 0 Å². The molecule has 0 spiro atoms. The zero-order valence-corrected chi connectivity index (χ0v) is 22.8. The van der Waals surface area contributed by atoms with E-state index in [9.17, 15) is 24.3 Å².